The maximum absolute atomic E-state index is 5.29. The summed E-state index contributed by atoms with van der Waals surface area (Å²) in [5, 5.41) is 0. The van der Waals surface area contributed by atoms with E-state index in [1.165, 1.54) is 0 Å². The van der Waals surface area contributed by atoms with Gasteiger partial charge in [0.25, 0.3) is 0 Å². The topological polar surface area (TPSA) is 109 Å². The number of pyridine rings is 4. The monoisotopic (exact) mass is 676 g/mol. The molecule has 0 atom stereocenters. The molecule has 0 unspecified atom stereocenters. The molecule has 49 heavy (non-hydrogen) atoms. The Hall–Kier alpha value is -6.31. The molecule has 0 saturated carbocycles. The second kappa shape index (κ2) is 12.7. The van der Waals surface area contributed by atoms with Gasteiger partial charge in [-0.25, -0.2) is 9.97 Å². The zero-order valence-electron chi connectivity index (χ0n) is 25.9. The Labute approximate surface area is 291 Å². The molecule has 236 valence electrons. The fourth-order valence-electron chi connectivity index (χ4n) is 6.49. The Bertz CT molecular complexity index is 2190. The molecule has 0 radical (unpaired) electrons. The van der Waals surface area contributed by atoms with Crippen molar-refractivity contribution in [3.63, 3.8) is 0 Å². The number of fused-ring (bicyclic) bond motifs is 8. The molecular weight excluding hydrogens is 651 g/mol. The van der Waals surface area contributed by atoms with E-state index in [4.69, 9.17) is 9.97 Å². The SMILES string of the molecule is C1=Cc2nc1c(-c1ccncc1)c1ccc([nH]1)c(-c1ccncc1)c1nc(c(-c3ccncc3)c3ccc([nH]3)c2-c2ccncc2)C=C1.[Ni]. The zero-order chi connectivity index (χ0) is 31.9. The summed E-state index contributed by atoms with van der Waals surface area (Å²) in [6, 6.07) is 24.6. The molecule has 0 saturated heterocycles. The third-order valence-corrected chi connectivity index (χ3v) is 8.63. The summed E-state index contributed by atoms with van der Waals surface area (Å²) in [6.45, 7) is 0. The molecule has 0 amide bonds. The van der Waals surface area contributed by atoms with E-state index in [9.17, 15) is 0 Å². The first-order valence-electron chi connectivity index (χ1n) is 15.6. The van der Waals surface area contributed by atoms with E-state index in [0.717, 1.165) is 89.4 Å². The van der Waals surface area contributed by atoms with Gasteiger partial charge in [0.2, 0.25) is 0 Å². The molecule has 9 heterocycles. The molecule has 2 aliphatic rings. The fourth-order valence-corrected chi connectivity index (χ4v) is 6.49. The first-order valence-corrected chi connectivity index (χ1v) is 15.6. The number of nitrogens with one attached hydrogen (secondary N) is 2. The minimum atomic E-state index is 0. The standard InChI is InChI=1S/C40H26N8.Ni/c1-2-30-38(26-11-19-42-20-12-26)32-5-6-34(47-32)40(28-15-23-44-24-16-28)36-8-7-35(48-36)39(27-13-21-43-22-14-27)33-4-3-31(46-33)37(29(1)45-30)25-9-17-41-18-10-25;/h1-24,45,48H;. The third kappa shape index (κ3) is 5.46. The summed E-state index contributed by atoms with van der Waals surface area (Å²) in [6.07, 6.45) is 22.8. The summed E-state index contributed by atoms with van der Waals surface area (Å²) in [7, 11) is 0. The minimum absolute atomic E-state index is 0. The van der Waals surface area contributed by atoms with Crippen LogP contribution in [0.2, 0.25) is 0 Å². The van der Waals surface area contributed by atoms with Gasteiger partial charge in [-0.2, -0.15) is 0 Å². The van der Waals surface area contributed by atoms with Crippen LogP contribution in [0.5, 0.6) is 0 Å². The number of nitrogens with zero attached hydrogens (tertiary/aromatic N) is 6. The second-order valence-corrected chi connectivity index (χ2v) is 11.4. The predicted molar refractivity (Wildman–Crippen MR) is 192 cm³/mol. The summed E-state index contributed by atoms with van der Waals surface area (Å²) < 4.78 is 0. The average Bonchev–Trinajstić information content (AvgIpc) is 3.98. The van der Waals surface area contributed by atoms with E-state index in [-0.39, 0.29) is 16.5 Å². The Kier molecular flexibility index (Phi) is 7.80. The Morgan fingerprint density at radius 1 is 0.306 bits per heavy atom. The smallest absolute Gasteiger partial charge is 0.0737 e. The van der Waals surface area contributed by atoms with Gasteiger partial charge in [-0.05, 0) is 119 Å². The summed E-state index contributed by atoms with van der Waals surface area (Å²) in [5.41, 5.74) is 15.0. The van der Waals surface area contributed by atoms with Crippen molar-refractivity contribution in [3.8, 4) is 44.5 Å². The van der Waals surface area contributed by atoms with Gasteiger partial charge in [-0.3, -0.25) is 19.9 Å². The van der Waals surface area contributed by atoms with Gasteiger partial charge < -0.3 is 9.97 Å². The predicted octanol–water partition coefficient (Wildman–Crippen LogP) is 8.90. The summed E-state index contributed by atoms with van der Waals surface area (Å²) in [5.74, 6) is 0. The fraction of sp³-hybridized carbons (Fsp3) is 0. The van der Waals surface area contributed by atoms with Crippen molar-refractivity contribution < 1.29 is 16.5 Å². The molecule has 7 aromatic rings. The van der Waals surface area contributed by atoms with Crippen LogP contribution in [0.4, 0.5) is 0 Å². The molecule has 8 nitrogen and oxygen atoms in total. The first-order chi connectivity index (χ1) is 23.8. The van der Waals surface area contributed by atoms with Crippen molar-refractivity contribution in [2.45, 2.75) is 0 Å². The van der Waals surface area contributed by atoms with Crippen LogP contribution >= 0.6 is 0 Å². The number of H-pyrrole nitrogens is 2. The molecule has 0 fully saturated rings. The maximum Gasteiger partial charge on any atom is 0.0737 e. The Morgan fingerprint density at radius 3 is 0.755 bits per heavy atom. The second-order valence-electron chi connectivity index (χ2n) is 11.4. The summed E-state index contributed by atoms with van der Waals surface area (Å²) >= 11 is 0. The number of aromatic amines is 2. The van der Waals surface area contributed by atoms with Gasteiger partial charge in [0, 0.05) is 110 Å². The van der Waals surface area contributed by atoms with Gasteiger partial charge in [0.05, 0.1) is 22.8 Å². The first kappa shape index (κ1) is 30.1. The Balaban J connectivity index is 0.00000348. The van der Waals surface area contributed by atoms with Gasteiger partial charge >= 0.3 is 0 Å². The number of hydrogen-bond donors (Lipinski definition) is 2. The normalized spacial score (nSPS) is 11.8. The van der Waals surface area contributed by atoms with Crippen molar-refractivity contribution in [1.29, 1.82) is 0 Å². The quantitative estimate of drug-likeness (QED) is 0.180. The van der Waals surface area contributed by atoms with Crippen molar-refractivity contribution in [3.05, 3.63) is 145 Å². The number of rotatable bonds is 4. The van der Waals surface area contributed by atoms with Gasteiger partial charge in [0.1, 0.15) is 0 Å². The van der Waals surface area contributed by atoms with Crippen molar-refractivity contribution in [2.24, 2.45) is 0 Å². The number of aromatic nitrogens is 8. The molecule has 9 rings (SSSR count). The van der Waals surface area contributed by atoms with Crippen LogP contribution in [0.25, 0.3) is 90.9 Å². The molecule has 2 aliphatic heterocycles. The van der Waals surface area contributed by atoms with E-state index in [1.54, 1.807) is 0 Å². The zero-order valence-corrected chi connectivity index (χ0v) is 26.8. The average molecular weight is 677 g/mol. The van der Waals surface area contributed by atoms with Gasteiger partial charge in [-0.15, -0.1) is 0 Å². The van der Waals surface area contributed by atoms with Crippen LogP contribution < -0.4 is 0 Å². The molecule has 7 aromatic heterocycles. The van der Waals surface area contributed by atoms with E-state index in [2.05, 4.69) is 78.5 Å². The van der Waals surface area contributed by atoms with Crippen LogP contribution in [0.3, 0.4) is 0 Å². The maximum atomic E-state index is 5.29. The Morgan fingerprint density at radius 2 is 0.531 bits per heavy atom. The van der Waals surface area contributed by atoms with Crippen LogP contribution in [-0.4, -0.2) is 39.9 Å². The molecule has 8 bridgehead atoms. The van der Waals surface area contributed by atoms with Crippen LogP contribution in [0.15, 0.2) is 122 Å². The molecule has 9 heteroatoms. The largest absolute Gasteiger partial charge is 0.354 e. The van der Waals surface area contributed by atoms with Crippen LogP contribution in [0, 0.1) is 0 Å². The van der Waals surface area contributed by atoms with E-state index >= 15 is 0 Å². The molecular formula is C40H26N8Ni. The molecule has 0 aromatic carbocycles. The van der Waals surface area contributed by atoms with Gasteiger partial charge in [0.15, 0.2) is 0 Å². The van der Waals surface area contributed by atoms with Crippen molar-refractivity contribution >= 4 is 46.4 Å². The molecule has 0 spiro atoms. The van der Waals surface area contributed by atoms with E-state index < -0.39 is 0 Å². The minimum Gasteiger partial charge on any atom is -0.354 e. The van der Waals surface area contributed by atoms with Crippen LogP contribution in [0.1, 0.15) is 22.8 Å². The van der Waals surface area contributed by atoms with Crippen molar-refractivity contribution in [1.82, 2.24) is 39.9 Å². The van der Waals surface area contributed by atoms with E-state index in [1.807, 2.05) is 98.1 Å². The summed E-state index contributed by atoms with van der Waals surface area (Å²) in [4.78, 5) is 35.2. The van der Waals surface area contributed by atoms with E-state index in [0.29, 0.717) is 0 Å². The molecule has 0 aliphatic carbocycles. The van der Waals surface area contributed by atoms with Crippen molar-refractivity contribution in [2.75, 3.05) is 0 Å². The number of hydrogen-bond acceptors (Lipinski definition) is 6. The van der Waals surface area contributed by atoms with Gasteiger partial charge in [-0.1, -0.05) is 0 Å². The molecule has 2 N–H and O–H groups in total. The van der Waals surface area contributed by atoms with Crippen LogP contribution in [-0.2, 0) is 16.5 Å². The third-order valence-electron chi connectivity index (χ3n) is 8.63.